The molecule has 4 rings (SSSR count). The van der Waals surface area contributed by atoms with E-state index in [1.54, 1.807) is 41.5 Å². The van der Waals surface area contributed by atoms with Crippen LogP contribution in [0, 0.1) is 213 Å². The van der Waals surface area contributed by atoms with Gasteiger partial charge in [0.2, 0.25) is 23.1 Å². The molecule has 0 aliphatic heterocycles. The van der Waals surface area contributed by atoms with Crippen LogP contribution in [0.2, 0.25) is 0 Å². The maximum atomic E-state index is 11.6. The van der Waals surface area contributed by atoms with E-state index in [-0.39, 0.29) is 73.7 Å². The van der Waals surface area contributed by atoms with Gasteiger partial charge in [-0.05, 0) is 128 Å². The van der Waals surface area contributed by atoms with Gasteiger partial charge in [0.1, 0.15) is 0 Å². The third-order valence-electron chi connectivity index (χ3n) is 4.24. The molecule has 0 aromatic carbocycles. The number of aliphatic hydroxyl groups excluding tert-OH is 2. The van der Waals surface area contributed by atoms with Crippen LogP contribution >= 0.6 is 0 Å². The van der Waals surface area contributed by atoms with Crippen molar-refractivity contribution in [2.75, 3.05) is 0 Å². The second-order valence-electron chi connectivity index (χ2n) is 9.70. The van der Waals surface area contributed by atoms with Crippen LogP contribution in [-0.4, -0.2) is 21.8 Å². The molecule has 4 fully saturated rings. The summed E-state index contributed by atoms with van der Waals surface area (Å²) in [4.78, 5) is 23.2. The molecule has 0 aromatic rings. The zero-order valence-electron chi connectivity index (χ0n) is 22.8. The van der Waals surface area contributed by atoms with E-state index < -0.39 is 33.9 Å². The van der Waals surface area contributed by atoms with Crippen LogP contribution < -0.4 is 0 Å². The fourth-order valence-corrected chi connectivity index (χ4v) is 2.21. The molecule has 0 atom stereocenters. The van der Waals surface area contributed by atoms with E-state index in [2.05, 4.69) is 0 Å². The third kappa shape index (κ3) is 23.8. The summed E-state index contributed by atoms with van der Waals surface area (Å²) < 4.78 is 0. The van der Waals surface area contributed by atoms with Gasteiger partial charge in [-0.25, -0.2) is 0 Å². The zero-order chi connectivity index (χ0) is 27.5. The molecule has 4 aliphatic carbocycles. The van der Waals surface area contributed by atoms with Crippen LogP contribution in [-0.2, 0) is 9.59 Å². The van der Waals surface area contributed by atoms with Crippen LogP contribution in [0.4, 0.5) is 0 Å². The summed E-state index contributed by atoms with van der Waals surface area (Å²) in [7, 11) is 0. The molecule has 4 nitrogen and oxygen atoms in total. The summed E-state index contributed by atoms with van der Waals surface area (Å²) in [5.41, 5.74) is -1.67. The summed E-state index contributed by atoms with van der Waals surface area (Å²) in [6.45, 7) is 9.59. The van der Waals surface area contributed by atoms with Crippen molar-refractivity contribution in [3.8, 4) is 0 Å². The number of hydrogen-bond acceptors (Lipinski definition) is 4. The molecule has 0 unspecified atom stereocenters. The minimum absolute atomic E-state index is 0. The topological polar surface area (TPSA) is 74.6 Å². The Balaban J connectivity index is -0.000000451. The first-order valence-electron chi connectivity index (χ1n) is 11.8. The number of ketones is 2. The number of carbonyl (C=O) groups excluding carboxylic acids is 2. The summed E-state index contributed by atoms with van der Waals surface area (Å²) in [5.74, 6) is -3.01. The van der Waals surface area contributed by atoms with Gasteiger partial charge in [-0.1, -0.05) is 41.5 Å². The molecule has 0 amide bonds. The van der Waals surface area contributed by atoms with E-state index in [9.17, 15) is 19.8 Å². The van der Waals surface area contributed by atoms with Crippen molar-refractivity contribution in [3.05, 3.63) is 140 Å². The third-order valence-corrected chi connectivity index (χ3v) is 4.24. The van der Waals surface area contributed by atoms with Crippen molar-refractivity contribution >= 4 is 11.6 Å². The van der Waals surface area contributed by atoms with Crippen molar-refractivity contribution < 1.29 is 93.6 Å². The first-order valence-corrected chi connectivity index (χ1v) is 11.8. The van der Waals surface area contributed by atoms with Gasteiger partial charge >= 0.3 is 0 Å². The zero-order valence-corrected chi connectivity index (χ0v) is 26.1. The summed E-state index contributed by atoms with van der Waals surface area (Å²) in [6, 6.07) is 0. The van der Waals surface area contributed by atoms with Gasteiger partial charge in [-0.3, -0.25) is 9.59 Å². The monoisotopic (exact) mass is 838 g/mol. The number of allylic oxidation sites excluding steroid dienone is 2. The van der Waals surface area contributed by atoms with Gasteiger partial charge < -0.3 is 10.2 Å². The molecule has 4 saturated carbocycles. The molecule has 4 aliphatic rings. The molecule has 2 N–H and O–H groups in total. The van der Waals surface area contributed by atoms with Crippen LogP contribution in [0.5, 0.6) is 0 Å². The summed E-state index contributed by atoms with van der Waals surface area (Å²) in [5, 5.41) is 19.0. The Labute approximate surface area is 294 Å². The Morgan fingerprint density at radius 3 is 0.553 bits per heavy atom. The molecular formula is C32H40Lu2O4. The smallest absolute Gasteiger partial charge is 0.206 e. The average Bonchev–Trinajstić information content (AvgIpc) is 3.67. The van der Waals surface area contributed by atoms with Crippen LogP contribution in [0.25, 0.3) is 0 Å². The molecule has 22 radical (unpaired) electrons. The second-order valence-corrected chi connectivity index (χ2v) is 9.70. The van der Waals surface area contributed by atoms with Crippen LogP contribution in [0.1, 0.15) is 41.5 Å². The van der Waals surface area contributed by atoms with Gasteiger partial charge in [-0.15, -0.1) is 0 Å². The van der Waals surface area contributed by atoms with Gasteiger partial charge in [0.05, 0.1) is 0 Å². The van der Waals surface area contributed by atoms with E-state index in [4.69, 9.17) is 0 Å². The van der Waals surface area contributed by atoms with Crippen molar-refractivity contribution in [2.45, 2.75) is 41.5 Å². The van der Waals surface area contributed by atoms with Gasteiger partial charge in [0, 0.05) is 84.6 Å². The number of carbonyl (C=O) groups is 2. The fourth-order valence-electron chi connectivity index (χ4n) is 2.21. The van der Waals surface area contributed by atoms with Crippen LogP contribution in [0.3, 0.4) is 0 Å². The van der Waals surface area contributed by atoms with Crippen LogP contribution in [0.15, 0.2) is 11.5 Å². The summed E-state index contributed by atoms with van der Waals surface area (Å²) >= 11 is 0. The molecule has 6 heteroatoms. The molecule has 0 aromatic heterocycles. The van der Waals surface area contributed by atoms with Crippen molar-refractivity contribution in [1.82, 2.24) is 0 Å². The molecule has 0 bridgehead atoms. The average molecular weight is 839 g/mol. The minimum atomic E-state index is -0.854. The maximum absolute atomic E-state index is 11.6. The molecule has 0 heterocycles. The quantitative estimate of drug-likeness (QED) is 0.242. The van der Waals surface area contributed by atoms with Gasteiger partial charge in [-0.2, -0.15) is 0 Å². The molecular weight excluding hydrogens is 798 g/mol. The Morgan fingerprint density at radius 2 is 0.474 bits per heavy atom. The second kappa shape index (κ2) is 25.8. The number of rotatable bonds is 2. The summed E-state index contributed by atoms with van der Waals surface area (Å²) in [6.07, 6.45) is 40.0. The normalized spacial score (nSPS) is 18.7. The predicted molar refractivity (Wildman–Crippen MR) is 147 cm³/mol. The first kappa shape index (κ1) is 43.6. The standard InChI is InChI=1S/C12H20O4.4C5H5.2Lu/c1-11(2,3)9(15)7(13)8(14)10(16)12(4,5)6;4*1-2-4-5-3-1;;/h13-14H,1-6H3;4*1-5H;;/b8-7+;;;;;;. The number of Topliss-reactive ketones (excluding diaryl/α,β-unsaturated/α-hetero) is 2. The fraction of sp³-hybridized carbons (Fsp3) is 0.250. The first-order chi connectivity index (χ1) is 16.9. The predicted octanol–water partition coefficient (Wildman–Crippen LogP) is 6.63. The molecule has 0 saturated heterocycles. The number of aliphatic hydroxyl groups is 2. The minimum Gasteiger partial charge on any atom is -0.502 e. The van der Waals surface area contributed by atoms with E-state index in [1.807, 2.05) is 128 Å². The SMILES string of the molecule is CC(C)(C)C(=O)/C(O)=C(\O)C(=O)C(C)(C)C.[CH]1[CH][CH][CH][CH]1.[CH]1[CH][CH][CH][CH]1.[CH]1[CH][CH][CH][CH]1.[CH]1[CH][CH][CH][CH]1.[Lu].[Lu]. The Kier molecular flexibility index (Phi) is 29.6. The van der Waals surface area contributed by atoms with E-state index in [1.165, 1.54) is 0 Å². The largest absolute Gasteiger partial charge is 0.502 e. The maximum Gasteiger partial charge on any atom is 0.206 e. The Hall–Kier alpha value is 1.15. The van der Waals surface area contributed by atoms with Gasteiger partial charge in [0.25, 0.3) is 0 Å². The molecule has 222 valence electrons. The van der Waals surface area contributed by atoms with E-state index in [0.29, 0.717) is 0 Å². The molecule has 0 spiro atoms. The molecule has 38 heavy (non-hydrogen) atoms. The van der Waals surface area contributed by atoms with E-state index >= 15 is 0 Å². The van der Waals surface area contributed by atoms with Crippen molar-refractivity contribution in [2.24, 2.45) is 10.8 Å². The Morgan fingerprint density at radius 1 is 0.368 bits per heavy atom. The Bertz CT molecular complexity index is 510. The van der Waals surface area contributed by atoms with Crippen molar-refractivity contribution in [3.63, 3.8) is 0 Å². The van der Waals surface area contributed by atoms with Gasteiger partial charge in [0.15, 0.2) is 0 Å². The van der Waals surface area contributed by atoms with E-state index in [0.717, 1.165) is 0 Å². The number of hydrogen-bond donors (Lipinski definition) is 2. The van der Waals surface area contributed by atoms with Crippen molar-refractivity contribution in [1.29, 1.82) is 0 Å².